The second kappa shape index (κ2) is 11.6. The van der Waals surface area contributed by atoms with E-state index in [1.165, 1.54) is 51.6 Å². The van der Waals surface area contributed by atoms with Crippen LogP contribution in [0.25, 0.3) is 0 Å². The monoisotopic (exact) mass is 450 g/mol. The fraction of sp³-hybridized carbons (Fsp3) is 0.947. The molecule has 1 aliphatic heterocycles. The third-order valence-corrected chi connectivity index (χ3v) is 5.72. The van der Waals surface area contributed by atoms with Gasteiger partial charge in [-0.1, -0.05) is 26.2 Å². The Morgan fingerprint density at radius 1 is 1.12 bits per heavy atom. The molecule has 0 aromatic rings. The Labute approximate surface area is 166 Å². The molecule has 142 valence electrons. The molecule has 1 heterocycles. The molecule has 2 atom stereocenters. The molecule has 2 N–H and O–H groups in total. The van der Waals surface area contributed by atoms with Crippen molar-refractivity contribution in [2.45, 2.75) is 78.3 Å². The second-order valence-electron chi connectivity index (χ2n) is 7.79. The van der Waals surface area contributed by atoms with E-state index in [0.717, 1.165) is 30.9 Å². The highest BCUT2D eigenvalue weighted by atomic mass is 127. The van der Waals surface area contributed by atoms with Crippen LogP contribution in [-0.2, 0) is 0 Å². The molecule has 1 saturated carbocycles. The van der Waals surface area contributed by atoms with Gasteiger partial charge in [0.1, 0.15) is 0 Å². The average molecular weight is 450 g/mol. The Bertz CT molecular complexity index is 364. The maximum Gasteiger partial charge on any atom is 0.191 e. The topological polar surface area (TPSA) is 39.7 Å². The van der Waals surface area contributed by atoms with Crippen molar-refractivity contribution >= 4 is 29.9 Å². The van der Waals surface area contributed by atoms with E-state index in [-0.39, 0.29) is 24.0 Å². The molecule has 0 spiro atoms. The van der Waals surface area contributed by atoms with Crippen molar-refractivity contribution in [2.24, 2.45) is 16.8 Å². The molecule has 2 fully saturated rings. The van der Waals surface area contributed by atoms with Crippen LogP contribution in [0.2, 0.25) is 0 Å². The fourth-order valence-electron chi connectivity index (χ4n) is 3.95. The predicted molar refractivity (Wildman–Crippen MR) is 115 cm³/mol. The van der Waals surface area contributed by atoms with E-state index in [2.05, 4.69) is 43.2 Å². The van der Waals surface area contributed by atoms with Gasteiger partial charge >= 0.3 is 0 Å². The highest BCUT2D eigenvalue weighted by Gasteiger charge is 2.23. The Morgan fingerprint density at radius 3 is 2.38 bits per heavy atom. The first kappa shape index (κ1) is 22.0. The van der Waals surface area contributed by atoms with E-state index < -0.39 is 0 Å². The van der Waals surface area contributed by atoms with Gasteiger partial charge in [0.15, 0.2) is 5.96 Å². The van der Waals surface area contributed by atoms with Crippen LogP contribution in [0.15, 0.2) is 4.99 Å². The molecule has 1 aliphatic carbocycles. The number of nitrogens with zero attached hydrogens (tertiary/aromatic N) is 2. The van der Waals surface area contributed by atoms with Gasteiger partial charge in [0, 0.05) is 38.3 Å². The maximum atomic E-state index is 4.92. The quantitative estimate of drug-likeness (QED) is 0.380. The van der Waals surface area contributed by atoms with Gasteiger partial charge in [0.2, 0.25) is 0 Å². The SMILES string of the molecule is CCNC(=NCC1CCCCC1C)NC1CCN(C(C)C)CC1.I. The summed E-state index contributed by atoms with van der Waals surface area (Å²) in [5.74, 6) is 2.65. The summed E-state index contributed by atoms with van der Waals surface area (Å²) in [6.45, 7) is 13.5. The minimum atomic E-state index is 0. The van der Waals surface area contributed by atoms with Crippen LogP contribution in [-0.4, -0.2) is 49.1 Å². The van der Waals surface area contributed by atoms with Crippen molar-refractivity contribution in [1.29, 1.82) is 0 Å². The molecule has 0 bridgehead atoms. The lowest BCUT2D eigenvalue weighted by molar-refractivity contribution is 0.167. The molecule has 0 amide bonds. The lowest BCUT2D eigenvalue weighted by Gasteiger charge is -2.35. The van der Waals surface area contributed by atoms with Gasteiger partial charge in [0.05, 0.1) is 0 Å². The van der Waals surface area contributed by atoms with Crippen molar-refractivity contribution in [2.75, 3.05) is 26.2 Å². The molecule has 0 aromatic heterocycles. The molecule has 24 heavy (non-hydrogen) atoms. The molecular weight excluding hydrogens is 411 g/mol. The smallest absolute Gasteiger partial charge is 0.191 e. The van der Waals surface area contributed by atoms with Gasteiger partial charge in [-0.25, -0.2) is 0 Å². The zero-order valence-corrected chi connectivity index (χ0v) is 18.5. The van der Waals surface area contributed by atoms with Crippen LogP contribution < -0.4 is 10.6 Å². The zero-order valence-electron chi connectivity index (χ0n) is 16.2. The summed E-state index contributed by atoms with van der Waals surface area (Å²) in [4.78, 5) is 7.49. The largest absolute Gasteiger partial charge is 0.357 e. The molecule has 2 aliphatic rings. The van der Waals surface area contributed by atoms with Crippen LogP contribution in [0.5, 0.6) is 0 Å². The van der Waals surface area contributed by atoms with E-state index in [1.54, 1.807) is 0 Å². The molecule has 0 radical (unpaired) electrons. The van der Waals surface area contributed by atoms with Gasteiger partial charge in [-0.15, -0.1) is 24.0 Å². The standard InChI is InChI=1S/C19H38N4.HI/c1-5-20-19(21-14-17-9-7-6-8-16(17)4)22-18-10-12-23(13-11-18)15(2)3;/h15-18H,5-14H2,1-4H3,(H2,20,21,22);1H. The number of nitrogens with one attached hydrogen (secondary N) is 2. The highest BCUT2D eigenvalue weighted by Crippen LogP contribution is 2.29. The Kier molecular flexibility index (Phi) is 10.6. The van der Waals surface area contributed by atoms with Crippen LogP contribution >= 0.6 is 24.0 Å². The summed E-state index contributed by atoms with van der Waals surface area (Å²) >= 11 is 0. The molecule has 2 unspecified atom stereocenters. The fourth-order valence-corrected chi connectivity index (χ4v) is 3.95. The second-order valence-corrected chi connectivity index (χ2v) is 7.79. The maximum absolute atomic E-state index is 4.92. The van der Waals surface area contributed by atoms with Gasteiger partial charge in [-0.3, -0.25) is 4.99 Å². The Balaban J connectivity index is 0.00000288. The van der Waals surface area contributed by atoms with Crippen molar-refractivity contribution in [1.82, 2.24) is 15.5 Å². The molecule has 4 nitrogen and oxygen atoms in total. The number of hydrogen-bond donors (Lipinski definition) is 2. The van der Waals surface area contributed by atoms with Crippen molar-refractivity contribution in [3.05, 3.63) is 0 Å². The highest BCUT2D eigenvalue weighted by molar-refractivity contribution is 14.0. The number of piperidine rings is 1. The van der Waals surface area contributed by atoms with Gasteiger partial charge in [-0.05, 0) is 51.9 Å². The van der Waals surface area contributed by atoms with E-state index in [9.17, 15) is 0 Å². The van der Waals surface area contributed by atoms with Crippen LogP contribution in [0.3, 0.4) is 0 Å². The zero-order chi connectivity index (χ0) is 16.7. The number of hydrogen-bond acceptors (Lipinski definition) is 2. The molecule has 0 aromatic carbocycles. The summed E-state index contributed by atoms with van der Waals surface area (Å²) in [6, 6.07) is 1.25. The lowest BCUT2D eigenvalue weighted by Crippen LogP contribution is -2.50. The van der Waals surface area contributed by atoms with E-state index in [0.29, 0.717) is 12.1 Å². The third kappa shape index (κ3) is 7.06. The average Bonchev–Trinajstić information content (AvgIpc) is 2.54. The Morgan fingerprint density at radius 2 is 1.79 bits per heavy atom. The van der Waals surface area contributed by atoms with Crippen molar-refractivity contribution < 1.29 is 0 Å². The number of rotatable bonds is 5. The van der Waals surface area contributed by atoms with Gasteiger partial charge in [0.25, 0.3) is 0 Å². The molecular formula is C19H39IN4. The summed E-state index contributed by atoms with van der Waals surface area (Å²) in [5.41, 5.74) is 0. The lowest BCUT2D eigenvalue weighted by atomic mass is 9.80. The minimum absolute atomic E-state index is 0. The first-order valence-corrected chi connectivity index (χ1v) is 9.89. The predicted octanol–water partition coefficient (Wildman–Crippen LogP) is 3.86. The Hall–Kier alpha value is -0.0400. The summed E-state index contributed by atoms with van der Waals surface area (Å²) < 4.78 is 0. The third-order valence-electron chi connectivity index (χ3n) is 5.72. The normalized spacial score (nSPS) is 27.0. The van der Waals surface area contributed by atoms with Gasteiger partial charge < -0.3 is 15.5 Å². The molecule has 2 rings (SSSR count). The summed E-state index contributed by atoms with van der Waals surface area (Å²) in [6.07, 6.45) is 8.00. The number of likely N-dealkylation sites (tertiary alicyclic amines) is 1. The van der Waals surface area contributed by atoms with E-state index >= 15 is 0 Å². The van der Waals surface area contributed by atoms with Crippen LogP contribution in [0.4, 0.5) is 0 Å². The van der Waals surface area contributed by atoms with E-state index in [4.69, 9.17) is 4.99 Å². The summed E-state index contributed by atoms with van der Waals surface area (Å²) in [7, 11) is 0. The van der Waals surface area contributed by atoms with Crippen molar-refractivity contribution in [3.8, 4) is 0 Å². The van der Waals surface area contributed by atoms with Gasteiger partial charge in [-0.2, -0.15) is 0 Å². The van der Waals surface area contributed by atoms with Crippen molar-refractivity contribution in [3.63, 3.8) is 0 Å². The molecule has 5 heteroatoms. The number of aliphatic imine (C=N–C) groups is 1. The number of halogens is 1. The summed E-state index contributed by atoms with van der Waals surface area (Å²) in [5, 5.41) is 7.13. The van der Waals surface area contributed by atoms with E-state index in [1.807, 2.05) is 0 Å². The van der Waals surface area contributed by atoms with Crippen LogP contribution in [0, 0.1) is 11.8 Å². The first-order valence-electron chi connectivity index (χ1n) is 9.89. The number of guanidine groups is 1. The first-order chi connectivity index (χ1) is 11.1. The molecule has 1 saturated heterocycles. The minimum Gasteiger partial charge on any atom is -0.357 e. The van der Waals surface area contributed by atoms with Crippen LogP contribution in [0.1, 0.15) is 66.2 Å².